The molecule has 2 rings (SSSR count). The van der Waals surface area contributed by atoms with Crippen molar-refractivity contribution in [2.24, 2.45) is 0 Å². The highest BCUT2D eigenvalue weighted by Gasteiger charge is 2.06. The first-order chi connectivity index (χ1) is 10.2. The van der Waals surface area contributed by atoms with E-state index in [1.165, 1.54) is 0 Å². The lowest BCUT2D eigenvalue weighted by atomic mass is 10.2. The van der Waals surface area contributed by atoms with Crippen LogP contribution in [-0.4, -0.2) is 39.3 Å². The molecule has 1 atom stereocenters. The average Bonchev–Trinajstić information content (AvgIpc) is 2.48. The predicted molar refractivity (Wildman–Crippen MR) is 89.1 cm³/mol. The molecule has 0 saturated heterocycles. The third-order valence-corrected chi connectivity index (χ3v) is 3.59. The molecule has 1 aromatic carbocycles. The molecule has 0 fully saturated rings. The molecule has 1 heterocycles. The normalized spacial score (nSPS) is 11.9. The zero-order valence-corrected chi connectivity index (χ0v) is 13.1. The highest BCUT2D eigenvalue weighted by atomic mass is 32.2. The van der Waals surface area contributed by atoms with Crippen LogP contribution in [0.1, 0.15) is 6.92 Å². The summed E-state index contributed by atoms with van der Waals surface area (Å²) in [5, 5.41) is 6.41. The van der Waals surface area contributed by atoms with Crippen LogP contribution in [0.2, 0.25) is 0 Å². The molecule has 2 aromatic rings. The van der Waals surface area contributed by atoms with Gasteiger partial charge in [-0.05, 0) is 6.92 Å². The Morgan fingerprint density at radius 3 is 2.38 bits per heavy atom. The molecule has 0 saturated carbocycles. The van der Waals surface area contributed by atoms with Crippen LogP contribution >= 0.6 is 0 Å². The molecule has 0 spiro atoms. The minimum atomic E-state index is -0.811. The van der Waals surface area contributed by atoms with E-state index in [4.69, 9.17) is 0 Å². The van der Waals surface area contributed by atoms with E-state index in [9.17, 15) is 4.21 Å². The Balaban J connectivity index is 2.24. The number of nitrogens with one attached hydrogen (secondary N) is 2. The van der Waals surface area contributed by atoms with Gasteiger partial charge in [0.1, 0.15) is 11.6 Å². The fourth-order valence-corrected chi connectivity index (χ4v) is 2.24. The van der Waals surface area contributed by atoms with Gasteiger partial charge in [-0.2, -0.15) is 0 Å². The van der Waals surface area contributed by atoms with E-state index in [1.807, 2.05) is 43.3 Å². The summed E-state index contributed by atoms with van der Waals surface area (Å²) in [6.07, 6.45) is 1.70. The number of benzene rings is 1. The maximum absolute atomic E-state index is 11.1. The second kappa shape index (κ2) is 7.73. The molecule has 0 aliphatic rings. The van der Waals surface area contributed by atoms with Crippen LogP contribution < -0.4 is 10.6 Å². The molecule has 6 heteroatoms. The van der Waals surface area contributed by atoms with Crippen molar-refractivity contribution in [3.8, 4) is 11.4 Å². The van der Waals surface area contributed by atoms with Gasteiger partial charge in [-0.3, -0.25) is 4.21 Å². The standard InChI is InChI=1S/C15H20N4OS/c1-3-16-13-11-14(17-9-10-21(2)20)19-15(18-13)12-7-5-4-6-8-12/h4-8,11H,3,9-10H2,1-2H3,(H2,16,17,18,19). The number of rotatable bonds is 7. The molecule has 0 bridgehead atoms. The monoisotopic (exact) mass is 304 g/mol. The van der Waals surface area contributed by atoms with Crippen LogP contribution in [0.25, 0.3) is 11.4 Å². The van der Waals surface area contributed by atoms with Gasteiger partial charge < -0.3 is 10.6 Å². The van der Waals surface area contributed by atoms with Crippen molar-refractivity contribution in [3.63, 3.8) is 0 Å². The number of nitrogens with zero attached hydrogens (tertiary/aromatic N) is 2. The number of anilines is 2. The van der Waals surface area contributed by atoms with E-state index in [-0.39, 0.29) is 0 Å². The second-order valence-electron chi connectivity index (χ2n) is 4.56. The van der Waals surface area contributed by atoms with E-state index >= 15 is 0 Å². The second-order valence-corrected chi connectivity index (χ2v) is 6.12. The minimum Gasteiger partial charge on any atom is -0.370 e. The number of aromatic nitrogens is 2. The van der Waals surface area contributed by atoms with Crippen LogP contribution in [0, 0.1) is 0 Å². The van der Waals surface area contributed by atoms with E-state index in [2.05, 4.69) is 20.6 Å². The fourth-order valence-electron chi connectivity index (χ4n) is 1.85. The zero-order valence-electron chi connectivity index (χ0n) is 12.3. The van der Waals surface area contributed by atoms with Crippen LogP contribution in [0.5, 0.6) is 0 Å². The summed E-state index contributed by atoms with van der Waals surface area (Å²) in [7, 11) is -0.811. The Hall–Kier alpha value is -1.95. The predicted octanol–water partition coefficient (Wildman–Crippen LogP) is 2.37. The Labute approximate surface area is 127 Å². The maximum atomic E-state index is 11.1. The van der Waals surface area contributed by atoms with Crippen molar-refractivity contribution in [2.45, 2.75) is 6.92 Å². The van der Waals surface area contributed by atoms with Gasteiger partial charge in [0.25, 0.3) is 0 Å². The van der Waals surface area contributed by atoms with E-state index in [0.717, 1.165) is 23.7 Å². The van der Waals surface area contributed by atoms with Gasteiger partial charge in [0.2, 0.25) is 0 Å². The first kappa shape index (κ1) is 15.4. The van der Waals surface area contributed by atoms with Crippen molar-refractivity contribution >= 4 is 22.4 Å². The number of hydrogen-bond acceptors (Lipinski definition) is 5. The molecule has 1 unspecified atom stereocenters. The fraction of sp³-hybridized carbons (Fsp3) is 0.333. The highest BCUT2D eigenvalue weighted by Crippen LogP contribution is 2.19. The largest absolute Gasteiger partial charge is 0.370 e. The van der Waals surface area contributed by atoms with Gasteiger partial charge in [0, 0.05) is 47.5 Å². The molecular weight excluding hydrogens is 284 g/mol. The quantitative estimate of drug-likeness (QED) is 0.822. The molecule has 2 N–H and O–H groups in total. The lowest BCUT2D eigenvalue weighted by molar-refractivity contribution is 0.687. The molecule has 21 heavy (non-hydrogen) atoms. The molecule has 5 nitrogen and oxygen atoms in total. The molecule has 0 radical (unpaired) electrons. The summed E-state index contributed by atoms with van der Waals surface area (Å²) < 4.78 is 11.1. The summed E-state index contributed by atoms with van der Waals surface area (Å²) in [4.78, 5) is 9.04. The molecule has 112 valence electrons. The average molecular weight is 304 g/mol. The third kappa shape index (κ3) is 4.82. The molecule has 0 amide bonds. The van der Waals surface area contributed by atoms with Gasteiger partial charge in [-0.15, -0.1) is 0 Å². The van der Waals surface area contributed by atoms with E-state index < -0.39 is 10.8 Å². The van der Waals surface area contributed by atoms with Crippen LogP contribution in [0.15, 0.2) is 36.4 Å². The Bertz CT molecular complexity index is 604. The van der Waals surface area contributed by atoms with Crippen molar-refractivity contribution < 1.29 is 4.21 Å². The minimum absolute atomic E-state index is 0.598. The van der Waals surface area contributed by atoms with Gasteiger partial charge >= 0.3 is 0 Å². The molecule has 0 aliphatic carbocycles. The van der Waals surface area contributed by atoms with Gasteiger partial charge in [-0.1, -0.05) is 30.3 Å². The van der Waals surface area contributed by atoms with E-state index in [0.29, 0.717) is 18.1 Å². The smallest absolute Gasteiger partial charge is 0.163 e. The Kier molecular flexibility index (Phi) is 5.68. The summed E-state index contributed by atoms with van der Waals surface area (Å²) in [6.45, 7) is 3.45. The lowest BCUT2D eigenvalue weighted by Crippen LogP contribution is -2.12. The third-order valence-electron chi connectivity index (χ3n) is 2.81. The van der Waals surface area contributed by atoms with Crippen molar-refractivity contribution in [3.05, 3.63) is 36.4 Å². The van der Waals surface area contributed by atoms with Gasteiger partial charge in [-0.25, -0.2) is 9.97 Å². The zero-order chi connectivity index (χ0) is 15.1. The topological polar surface area (TPSA) is 66.9 Å². The Morgan fingerprint density at radius 1 is 1.10 bits per heavy atom. The summed E-state index contributed by atoms with van der Waals surface area (Å²) >= 11 is 0. The van der Waals surface area contributed by atoms with Crippen molar-refractivity contribution in [1.82, 2.24) is 9.97 Å². The lowest BCUT2D eigenvalue weighted by Gasteiger charge is -2.10. The summed E-state index contributed by atoms with van der Waals surface area (Å²) in [6, 6.07) is 11.7. The first-order valence-electron chi connectivity index (χ1n) is 6.91. The van der Waals surface area contributed by atoms with Crippen LogP contribution in [0.3, 0.4) is 0 Å². The maximum Gasteiger partial charge on any atom is 0.163 e. The van der Waals surface area contributed by atoms with Gasteiger partial charge in [0.15, 0.2) is 5.82 Å². The molecule has 1 aromatic heterocycles. The van der Waals surface area contributed by atoms with Gasteiger partial charge in [0.05, 0.1) is 0 Å². The Morgan fingerprint density at radius 2 is 1.76 bits per heavy atom. The van der Waals surface area contributed by atoms with E-state index in [1.54, 1.807) is 6.26 Å². The van der Waals surface area contributed by atoms with Crippen molar-refractivity contribution in [2.75, 3.05) is 35.7 Å². The highest BCUT2D eigenvalue weighted by molar-refractivity contribution is 7.84. The SMILES string of the molecule is CCNc1cc(NCCS(C)=O)nc(-c2ccccc2)n1. The summed E-state index contributed by atoms with van der Waals surface area (Å²) in [5.41, 5.74) is 0.972. The summed E-state index contributed by atoms with van der Waals surface area (Å²) in [5.74, 6) is 2.80. The molecule has 0 aliphatic heterocycles. The molecular formula is C15H20N4OS. The van der Waals surface area contributed by atoms with Crippen LogP contribution in [-0.2, 0) is 10.8 Å². The number of hydrogen-bond donors (Lipinski definition) is 2. The van der Waals surface area contributed by atoms with Crippen molar-refractivity contribution in [1.29, 1.82) is 0 Å². The first-order valence-corrected chi connectivity index (χ1v) is 8.64. The van der Waals surface area contributed by atoms with Crippen LogP contribution in [0.4, 0.5) is 11.6 Å².